The van der Waals surface area contributed by atoms with E-state index in [1.54, 1.807) is 6.07 Å². The molecule has 18 heavy (non-hydrogen) atoms. The van der Waals surface area contributed by atoms with E-state index >= 15 is 0 Å². The minimum absolute atomic E-state index is 0.113. The molecule has 0 bridgehead atoms. The summed E-state index contributed by atoms with van der Waals surface area (Å²) >= 11 is 5.67. The van der Waals surface area contributed by atoms with E-state index in [0.717, 1.165) is 25.7 Å². The van der Waals surface area contributed by atoms with Crippen molar-refractivity contribution in [2.24, 2.45) is 5.92 Å². The fourth-order valence-corrected chi connectivity index (χ4v) is 3.04. The highest BCUT2D eigenvalue weighted by Gasteiger charge is 2.34. The summed E-state index contributed by atoms with van der Waals surface area (Å²) < 4.78 is 13.5. The summed E-state index contributed by atoms with van der Waals surface area (Å²) in [5, 5.41) is 10.7. The second kappa shape index (κ2) is 5.58. The topological polar surface area (TPSA) is 20.2 Å². The standard InChI is InChI=1S/C15H20ClFO/c1-2-3-11-6-8-15(18,9-7-11)12-4-5-13(16)14(17)10-12/h4-5,10-11,18H,2-3,6-9H2,1H3. The van der Waals surface area contributed by atoms with Crippen molar-refractivity contribution in [3.05, 3.63) is 34.6 Å². The molecule has 0 amide bonds. The third-order valence-electron chi connectivity index (χ3n) is 4.09. The number of aliphatic hydroxyl groups is 1. The molecule has 0 radical (unpaired) electrons. The maximum atomic E-state index is 13.5. The highest BCUT2D eigenvalue weighted by Crippen LogP contribution is 2.41. The first kappa shape index (κ1) is 13.8. The highest BCUT2D eigenvalue weighted by molar-refractivity contribution is 6.30. The molecular formula is C15H20ClFO. The predicted octanol–water partition coefficient (Wildman–Crippen LogP) is 4.66. The molecule has 1 N–H and O–H groups in total. The van der Waals surface area contributed by atoms with Gasteiger partial charge in [0.05, 0.1) is 10.6 Å². The molecular weight excluding hydrogens is 251 g/mol. The van der Waals surface area contributed by atoms with Crippen LogP contribution in [0.4, 0.5) is 4.39 Å². The van der Waals surface area contributed by atoms with Gasteiger partial charge in [0.1, 0.15) is 5.82 Å². The molecule has 1 aliphatic rings. The monoisotopic (exact) mass is 270 g/mol. The number of benzene rings is 1. The van der Waals surface area contributed by atoms with Crippen LogP contribution in [0.5, 0.6) is 0 Å². The molecule has 2 rings (SSSR count). The molecule has 1 saturated carbocycles. The van der Waals surface area contributed by atoms with Crippen LogP contribution in [0.25, 0.3) is 0 Å². The van der Waals surface area contributed by atoms with Crippen LogP contribution in [0.15, 0.2) is 18.2 Å². The summed E-state index contributed by atoms with van der Waals surface area (Å²) in [6, 6.07) is 4.65. The van der Waals surface area contributed by atoms with E-state index in [-0.39, 0.29) is 5.02 Å². The average molecular weight is 271 g/mol. The van der Waals surface area contributed by atoms with Crippen LogP contribution in [-0.4, -0.2) is 5.11 Å². The van der Waals surface area contributed by atoms with Gasteiger partial charge in [-0.3, -0.25) is 0 Å². The fraction of sp³-hybridized carbons (Fsp3) is 0.600. The summed E-state index contributed by atoms with van der Waals surface area (Å²) in [6.07, 6.45) is 5.91. The Labute approximate surface area is 113 Å². The minimum Gasteiger partial charge on any atom is -0.385 e. The Morgan fingerprint density at radius 1 is 1.39 bits per heavy atom. The molecule has 3 heteroatoms. The van der Waals surface area contributed by atoms with Crippen molar-refractivity contribution in [2.45, 2.75) is 51.0 Å². The van der Waals surface area contributed by atoms with Crippen molar-refractivity contribution >= 4 is 11.6 Å². The molecule has 100 valence electrons. The second-order valence-corrected chi connectivity index (χ2v) is 5.80. The SMILES string of the molecule is CCCC1CCC(O)(c2ccc(Cl)c(F)c2)CC1. The minimum atomic E-state index is -0.865. The average Bonchev–Trinajstić information content (AvgIpc) is 2.36. The number of rotatable bonds is 3. The lowest BCUT2D eigenvalue weighted by Gasteiger charge is -2.36. The molecule has 0 atom stereocenters. The zero-order valence-electron chi connectivity index (χ0n) is 10.8. The summed E-state index contributed by atoms with van der Waals surface area (Å²) in [6.45, 7) is 2.19. The summed E-state index contributed by atoms with van der Waals surface area (Å²) in [4.78, 5) is 0. The first-order chi connectivity index (χ1) is 8.55. The van der Waals surface area contributed by atoms with Crippen LogP contribution in [0, 0.1) is 11.7 Å². The van der Waals surface area contributed by atoms with Gasteiger partial charge in [0.15, 0.2) is 0 Å². The van der Waals surface area contributed by atoms with Gasteiger partial charge in [0, 0.05) is 0 Å². The van der Waals surface area contributed by atoms with Crippen LogP contribution in [-0.2, 0) is 5.60 Å². The molecule has 1 nitrogen and oxygen atoms in total. The van der Waals surface area contributed by atoms with Crippen LogP contribution < -0.4 is 0 Å². The Kier molecular flexibility index (Phi) is 4.29. The van der Waals surface area contributed by atoms with Crippen molar-refractivity contribution in [2.75, 3.05) is 0 Å². The smallest absolute Gasteiger partial charge is 0.142 e. The first-order valence-electron chi connectivity index (χ1n) is 6.73. The Balaban J connectivity index is 2.10. The van der Waals surface area contributed by atoms with Gasteiger partial charge >= 0.3 is 0 Å². The first-order valence-corrected chi connectivity index (χ1v) is 7.11. The largest absolute Gasteiger partial charge is 0.385 e. The van der Waals surface area contributed by atoms with Crippen LogP contribution >= 0.6 is 11.6 Å². The molecule has 0 unspecified atom stereocenters. The molecule has 1 aliphatic carbocycles. The Morgan fingerprint density at radius 3 is 2.61 bits per heavy atom. The van der Waals surface area contributed by atoms with Gasteiger partial charge in [-0.05, 0) is 49.3 Å². The molecule has 1 aromatic rings. The van der Waals surface area contributed by atoms with E-state index in [9.17, 15) is 9.50 Å². The molecule has 1 fully saturated rings. The molecule has 0 spiro atoms. The van der Waals surface area contributed by atoms with E-state index in [4.69, 9.17) is 11.6 Å². The van der Waals surface area contributed by atoms with Gasteiger partial charge in [-0.15, -0.1) is 0 Å². The zero-order chi connectivity index (χ0) is 13.2. The predicted molar refractivity (Wildman–Crippen MR) is 72.2 cm³/mol. The third kappa shape index (κ3) is 2.86. The lowest BCUT2D eigenvalue weighted by molar-refractivity contribution is -0.0154. The van der Waals surface area contributed by atoms with Gasteiger partial charge in [0.25, 0.3) is 0 Å². The van der Waals surface area contributed by atoms with Crippen molar-refractivity contribution < 1.29 is 9.50 Å². The third-order valence-corrected chi connectivity index (χ3v) is 4.39. The maximum absolute atomic E-state index is 13.5. The lowest BCUT2D eigenvalue weighted by Crippen LogP contribution is -2.31. The maximum Gasteiger partial charge on any atom is 0.142 e. The quantitative estimate of drug-likeness (QED) is 0.847. The van der Waals surface area contributed by atoms with Crippen molar-refractivity contribution in [3.63, 3.8) is 0 Å². The highest BCUT2D eigenvalue weighted by atomic mass is 35.5. The van der Waals surface area contributed by atoms with E-state index < -0.39 is 11.4 Å². The molecule has 0 aromatic heterocycles. The van der Waals surface area contributed by atoms with Gasteiger partial charge in [-0.2, -0.15) is 0 Å². The van der Waals surface area contributed by atoms with E-state index in [2.05, 4.69) is 6.92 Å². The molecule has 0 saturated heterocycles. The Bertz CT molecular complexity index is 411. The van der Waals surface area contributed by atoms with Crippen LogP contribution in [0.2, 0.25) is 5.02 Å². The number of halogens is 2. The van der Waals surface area contributed by atoms with Gasteiger partial charge in [-0.25, -0.2) is 4.39 Å². The summed E-state index contributed by atoms with van der Waals surface area (Å²) in [5.41, 5.74) is -0.199. The Hall–Kier alpha value is -0.600. The molecule has 1 aromatic carbocycles. The summed E-state index contributed by atoms with van der Waals surface area (Å²) in [7, 11) is 0. The normalized spacial score (nSPS) is 28.3. The number of hydrogen-bond donors (Lipinski definition) is 1. The molecule has 0 heterocycles. The Morgan fingerprint density at radius 2 is 2.06 bits per heavy atom. The van der Waals surface area contributed by atoms with Gasteiger partial charge < -0.3 is 5.11 Å². The zero-order valence-corrected chi connectivity index (χ0v) is 11.5. The van der Waals surface area contributed by atoms with E-state index in [1.165, 1.54) is 25.0 Å². The second-order valence-electron chi connectivity index (χ2n) is 5.39. The summed E-state index contributed by atoms with van der Waals surface area (Å²) in [5.74, 6) is 0.269. The fourth-order valence-electron chi connectivity index (χ4n) is 2.93. The van der Waals surface area contributed by atoms with E-state index in [0.29, 0.717) is 11.5 Å². The lowest BCUT2D eigenvalue weighted by atomic mass is 9.74. The van der Waals surface area contributed by atoms with Gasteiger partial charge in [0.2, 0.25) is 0 Å². The van der Waals surface area contributed by atoms with Crippen LogP contribution in [0.3, 0.4) is 0 Å². The van der Waals surface area contributed by atoms with E-state index in [1.807, 2.05) is 0 Å². The number of hydrogen-bond acceptors (Lipinski definition) is 1. The van der Waals surface area contributed by atoms with Crippen molar-refractivity contribution in [3.8, 4) is 0 Å². The van der Waals surface area contributed by atoms with Crippen molar-refractivity contribution in [1.82, 2.24) is 0 Å². The van der Waals surface area contributed by atoms with Gasteiger partial charge in [-0.1, -0.05) is 37.4 Å². The van der Waals surface area contributed by atoms with Crippen molar-refractivity contribution in [1.29, 1.82) is 0 Å². The molecule has 0 aliphatic heterocycles. The van der Waals surface area contributed by atoms with Crippen LogP contribution in [0.1, 0.15) is 51.0 Å².